The number of hydrogen-bond acceptors (Lipinski definition) is 3. The number of rotatable bonds is 4. The molecule has 0 spiro atoms. The first-order chi connectivity index (χ1) is 13.3. The van der Waals surface area contributed by atoms with Crippen molar-refractivity contribution < 1.29 is 18.0 Å². The molecule has 3 rings (SSSR count). The zero-order valence-electron chi connectivity index (χ0n) is 14.8. The minimum atomic E-state index is -4.45. The van der Waals surface area contributed by atoms with Crippen LogP contribution in [0.4, 0.5) is 18.9 Å². The van der Waals surface area contributed by atoms with Crippen molar-refractivity contribution in [3.63, 3.8) is 0 Å². The summed E-state index contributed by atoms with van der Waals surface area (Å²) in [6.45, 7) is 1.49. The predicted molar refractivity (Wildman–Crippen MR) is 98.7 cm³/mol. The molecule has 3 aromatic rings. The van der Waals surface area contributed by atoms with Crippen LogP contribution in [-0.4, -0.2) is 15.7 Å². The van der Waals surface area contributed by atoms with E-state index >= 15 is 0 Å². The summed E-state index contributed by atoms with van der Waals surface area (Å²) >= 11 is 0. The van der Waals surface area contributed by atoms with E-state index in [-0.39, 0.29) is 5.69 Å². The molecule has 1 atom stereocenters. The Balaban J connectivity index is 1.81. The van der Waals surface area contributed by atoms with E-state index in [1.165, 1.54) is 13.0 Å². The van der Waals surface area contributed by atoms with Crippen LogP contribution >= 0.6 is 0 Å². The summed E-state index contributed by atoms with van der Waals surface area (Å²) in [5.41, 5.74) is 0.222. The number of carbonyl (C=O) groups is 1. The Labute approximate surface area is 158 Å². The van der Waals surface area contributed by atoms with Crippen LogP contribution in [0.2, 0.25) is 0 Å². The molecular formula is C20H16F3N3O2. The van der Waals surface area contributed by atoms with E-state index in [0.29, 0.717) is 5.69 Å². The van der Waals surface area contributed by atoms with Gasteiger partial charge in [0.1, 0.15) is 6.04 Å². The van der Waals surface area contributed by atoms with Gasteiger partial charge in [0.25, 0.3) is 5.56 Å². The van der Waals surface area contributed by atoms with Gasteiger partial charge in [-0.2, -0.15) is 18.3 Å². The van der Waals surface area contributed by atoms with Crippen LogP contribution < -0.4 is 10.9 Å². The molecule has 0 aliphatic carbocycles. The maximum Gasteiger partial charge on any atom is 0.416 e. The average Bonchev–Trinajstić information content (AvgIpc) is 2.68. The van der Waals surface area contributed by atoms with Gasteiger partial charge in [0.05, 0.1) is 11.3 Å². The zero-order valence-corrected chi connectivity index (χ0v) is 14.8. The second-order valence-corrected chi connectivity index (χ2v) is 6.11. The summed E-state index contributed by atoms with van der Waals surface area (Å²) in [6.07, 6.45) is -4.45. The lowest BCUT2D eigenvalue weighted by atomic mass is 10.1. The third kappa shape index (κ3) is 4.28. The van der Waals surface area contributed by atoms with Crippen LogP contribution in [-0.2, 0) is 11.0 Å². The molecule has 1 N–H and O–H groups in total. The highest BCUT2D eigenvalue weighted by atomic mass is 19.4. The van der Waals surface area contributed by atoms with Gasteiger partial charge in [-0.15, -0.1) is 0 Å². The van der Waals surface area contributed by atoms with Crippen molar-refractivity contribution in [2.75, 3.05) is 5.32 Å². The molecule has 8 heteroatoms. The Kier molecular flexibility index (Phi) is 5.30. The van der Waals surface area contributed by atoms with Crippen molar-refractivity contribution in [2.45, 2.75) is 19.1 Å². The molecule has 0 radical (unpaired) electrons. The van der Waals surface area contributed by atoms with Crippen LogP contribution in [0.15, 0.2) is 71.5 Å². The number of amides is 1. The lowest BCUT2D eigenvalue weighted by Gasteiger charge is -2.15. The molecule has 1 heterocycles. The van der Waals surface area contributed by atoms with Crippen molar-refractivity contribution in [3.8, 4) is 11.3 Å². The van der Waals surface area contributed by atoms with Crippen molar-refractivity contribution >= 4 is 11.6 Å². The summed E-state index contributed by atoms with van der Waals surface area (Å²) in [4.78, 5) is 24.6. The van der Waals surface area contributed by atoms with Crippen LogP contribution in [0.1, 0.15) is 18.5 Å². The quantitative estimate of drug-likeness (QED) is 0.732. The van der Waals surface area contributed by atoms with E-state index in [0.717, 1.165) is 34.5 Å². The Morgan fingerprint density at radius 3 is 2.25 bits per heavy atom. The molecule has 2 aromatic carbocycles. The number of nitrogens with one attached hydrogen (secondary N) is 1. The molecule has 1 amide bonds. The fraction of sp³-hybridized carbons (Fsp3) is 0.150. The Morgan fingerprint density at radius 1 is 1.00 bits per heavy atom. The van der Waals surface area contributed by atoms with Gasteiger partial charge in [0.2, 0.25) is 5.91 Å². The number of aromatic nitrogens is 2. The van der Waals surface area contributed by atoms with Gasteiger partial charge in [-0.1, -0.05) is 30.3 Å². The van der Waals surface area contributed by atoms with Crippen molar-refractivity contribution in [2.24, 2.45) is 0 Å². The first-order valence-electron chi connectivity index (χ1n) is 8.39. The molecular weight excluding hydrogens is 371 g/mol. The topological polar surface area (TPSA) is 64.0 Å². The highest BCUT2D eigenvalue weighted by Gasteiger charge is 2.30. The minimum absolute atomic E-state index is 0.192. The maximum atomic E-state index is 12.6. The number of carbonyl (C=O) groups excluding carboxylic acids is 1. The summed E-state index contributed by atoms with van der Waals surface area (Å²) in [7, 11) is 0. The number of benzene rings is 2. The van der Waals surface area contributed by atoms with Gasteiger partial charge < -0.3 is 5.32 Å². The van der Waals surface area contributed by atoms with Crippen LogP contribution in [0.5, 0.6) is 0 Å². The van der Waals surface area contributed by atoms with Gasteiger partial charge in [0.15, 0.2) is 0 Å². The Bertz CT molecular complexity index is 1030. The van der Waals surface area contributed by atoms with E-state index in [9.17, 15) is 22.8 Å². The largest absolute Gasteiger partial charge is 0.416 e. The highest BCUT2D eigenvalue weighted by molar-refractivity contribution is 5.93. The summed E-state index contributed by atoms with van der Waals surface area (Å²) in [5, 5.41) is 6.75. The summed E-state index contributed by atoms with van der Waals surface area (Å²) in [5.74, 6) is -0.570. The van der Waals surface area contributed by atoms with Gasteiger partial charge in [-0.05, 0) is 37.3 Å². The molecule has 1 unspecified atom stereocenters. The standard InChI is InChI=1S/C20H16F3N3O2/c1-13(19(28)24-16-9-7-15(8-10-16)20(21,22)23)26-18(27)12-11-17(25-26)14-5-3-2-4-6-14/h2-13H,1H3,(H,24,28). The van der Waals surface area contributed by atoms with Crippen molar-refractivity contribution in [1.82, 2.24) is 9.78 Å². The molecule has 0 saturated carbocycles. The number of alkyl halides is 3. The Morgan fingerprint density at radius 2 is 1.64 bits per heavy atom. The minimum Gasteiger partial charge on any atom is -0.324 e. The number of anilines is 1. The number of nitrogens with zero attached hydrogens (tertiary/aromatic N) is 2. The molecule has 144 valence electrons. The number of hydrogen-bond donors (Lipinski definition) is 1. The molecule has 28 heavy (non-hydrogen) atoms. The zero-order chi connectivity index (χ0) is 20.3. The first kappa shape index (κ1) is 19.3. The predicted octanol–water partition coefficient (Wildman–Crippen LogP) is 4.13. The highest BCUT2D eigenvalue weighted by Crippen LogP contribution is 2.29. The van der Waals surface area contributed by atoms with Crippen LogP contribution in [0.25, 0.3) is 11.3 Å². The van der Waals surface area contributed by atoms with E-state index in [4.69, 9.17) is 0 Å². The van der Waals surface area contributed by atoms with E-state index < -0.39 is 29.2 Å². The SMILES string of the molecule is CC(C(=O)Nc1ccc(C(F)(F)F)cc1)n1nc(-c2ccccc2)ccc1=O. The summed E-state index contributed by atoms with van der Waals surface area (Å²) < 4.78 is 38.9. The van der Waals surface area contributed by atoms with Crippen molar-refractivity contribution in [3.05, 3.63) is 82.6 Å². The first-order valence-corrected chi connectivity index (χ1v) is 8.39. The second-order valence-electron chi connectivity index (χ2n) is 6.11. The van der Waals surface area contributed by atoms with Crippen LogP contribution in [0.3, 0.4) is 0 Å². The number of halogens is 3. The normalized spacial score (nSPS) is 12.4. The van der Waals surface area contributed by atoms with Gasteiger partial charge in [0, 0.05) is 17.3 Å². The molecule has 0 bridgehead atoms. The molecule has 0 saturated heterocycles. The summed E-state index contributed by atoms with van der Waals surface area (Å²) in [6, 6.07) is 15.1. The molecule has 5 nitrogen and oxygen atoms in total. The monoisotopic (exact) mass is 387 g/mol. The fourth-order valence-corrected chi connectivity index (χ4v) is 2.57. The molecule has 0 aliphatic rings. The van der Waals surface area contributed by atoms with Crippen LogP contribution in [0, 0.1) is 0 Å². The van der Waals surface area contributed by atoms with Crippen molar-refractivity contribution in [1.29, 1.82) is 0 Å². The lowest BCUT2D eigenvalue weighted by Crippen LogP contribution is -2.33. The average molecular weight is 387 g/mol. The molecule has 0 fully saturated rings. The maximum absolute atomic E-state index is 12.6. The van der Waals surface area contributed by atoms with Gasteiger partial charge >= 0.3 is 6.18 Å². The molecule has 1 aromatic heterocycles. The third-order valence-corrected chi connectivity index (χ3v) is 4.12. The fourth-order valence-electron chi connectivity index (χ4n) is 2.57. The third-order valence-electron chi connectivity index (χ3n) is 4.12. The molecule has 0 aliphatic heterocycles. The second kappa shape index (κ2) is 7.67. The van der Waals surface area contributed by atoms with Gasteiger partial charge in [-0.25, -0.2) is 4.68 Å². The van der Waals surface area contributed by atoms with E-state index in [2.05, 4.69) is 10.4 Å². The smallest absolute Gasteiger partial charge is 0.324 e. The Hall–Kier alpha value is -3.42. The lowest BCUT2D eigenvalue weighted by molar-refractivity contribution is -0.137. The van der Waals surface area contributed by atoms with E-state index in [1.54, 1.807) is 6.07 Å². The van der Waals surface area contributed by atoms with E-state index in [1.807, 2.05) is 30.3 Å². The van der Waals surface area contributed by atoms with Gasteiger partial charge in [-0.3, -0.25) is 9.59 Å².